The fourth-order valence-corrected chi connectivity index (χ4v) is 3.03. The van der Waals surface area contributed by atoms with Gasteiger partial charge in [0.1, 0.15) is 11.6 Å². The quantitative estimate of drug-likeness (QED) is 0.532. The molecule has 0 bridgehead atoms. The van der Waals surface area contributed by atoms with Gasteiger partial charge in [-0.25, -0.2) is 4.98 Å². The van der Waals surface area contributed by atoms with Gasteiger partial charge in [0.15, 0.2) is 11.2 Å². The number of imidazole rings is 1. The lowest BCUT2D eigenvalue weighted by atomic mass is 10.1. The number of halogens is 3. The summed E-state index contributed by atoms with van der Waals surface area (Å²) in [7, 11) is 1.30. The van der Waals surface area contributed by atoms with Crippen LogP contribution in [-0.4, -0.2) is 31.7 Å². The lowest BCUT2D eigenvalue weighted by molar-refractivity contribution is -0.137. The first-order chi connectivity index (χ1) is 12.8. The van der Waals surface area contributed by atoms with Gasteiger partial charge in [-0.3, -0.25) is 9.38 Å². The number of benzene rings is 1. The van der Waals surface area contributed by atoms with Crippen LogP contribution in [0.5, 0.6) is 5.75 Å². The maximum absolute atomic E-state index is 13.4. The van der Waals surface area contributed by atoms with Crippen molar-refractivity contribution in [2.24, 2.45) is 0 Å². The van der Waals surface area contributed by atoms with Gasteiger partial charge in [-0.1, -0.05) is 0 Å². The number of aryl methyl sites for hydroxylation is 2. The molecular weight excluding hydrogens is 359 g/mol. The molecule has 0 spiro atoms. The van der Waals surface area contributed by atoms with E-state index in [9.17, 15) is 13.2 Å². The number of pyridine rings is 1. The van der Waals surface area contributed by atoms with Crippen molar-refractivity contribution in [2.45, 2.75) is 20.0 Å². The Labute approximate surface area is 151 Å². The molecule has 0 aliphatic heterocycles. The normalized spacial score (nSPS) is 12.1. The fourth-order valence-electron chi connectivity index (χ4n) is 3.03. The molecule has 6 nitrogen and oxygen atoms in total. The van der Waals surface area contributed by atoms with Crippen molar-refractivity contribution in [3.63, 3.8) is 0 Å². The van der Waals surface area contributed by atoms with Gasteiger partial charge in [0.05, 0.1) is 23.9 Å². The van der Waals surface area contributed by atoms with Crippen molar-refractivity contribution in [2.75, 3.05) is 7.11 Å². The zero-order valence-electron chi connectivity index (χ0n) is 14.7. The van der Waals surface area contributed by atoms with Gasteiger partial charge in [-0.05, 0) is 37.6 Å². The summed E-state index contributed by atoms with van der Waals surface area (Å²) in [6, 6.07) is 3.77. The second-order valence-electron chi connectivity index (χ2n) is 6.11. The van der Waals surface area contributed by atoms with Crippen LogP contribution in [0.15, 0.2) is 30.6 Å². The molecule has 27 heavy (non-hydrogen) atoms. The monoisotopic (exact) mass is 373 g/mol. The van der Waals surface area contributed by atoms with E-state index >= 15 is 0 Å². The molecule has 1 aromatic carbocycles. The van der Waals surface area contributed by atoms with Gasteiger partial charge in [0, 0.05) is 18.0 Å². The third-order valence-electron chi connectivity index (χ3n) is 4.39. The molecule has 4 rings (SSSR count). The number of fused-ring (bicyclic) bond motifs is 3. The largest absolute Gasteiger partial charge is 0.494 e. The van der Waals surface area contributed by atoms with E-state index in [0.29, 0.717) is 22.7 Å². The Morgan fingerprint density at radius 1 is 1.11 bits per heavy atom. The van der Waals surface area contributed by atoms with Gasteiger partial charge >= 0.3 is 6.18 Å². The van der Waals surface area contributed by atoms with E-state index in [2.05, 4.69) is 20.2 Å². The minimum atomic E-state index is -4.53. The fraction of sp³-hybridized carbons (Fsp3) is 0.222. The summed E-state index contributed by atoms with van der Waals surface area (Å²) >= 11 is 0. The first-order valence-electron chi connectivity index (χ1n) is 8.03. The Kier molecular flexibility index (Phi) is 3.76. The number of nitrogens with zero attached hydrogens (tertiary/aromatic N) is 5. The zero-order valence-corrected chi connectivity index (χ0v) is 14.7. The summed E-state index contributed by atoms with van der Waals surface area (Å²) in [5.41, 5.74) is 2.12. The summed E-state index contributed by atoms with van der Waals surface area (Å²) in [6.45, 7) is 3.61. The van der Waals surface area contributed by atoms with Crippen molar-refractivity contribution in [3.05, 3.63) is 47.4 Å². The minimum Gasteiger partial charge on any atom is -0.494 e. The second-order valence-corrected chi connectivity index (χ2v) is 6.11. The molecule has 0 fully saturated rings. The topological polar surface area (TPSA) is 65.2 Å². The first-order valence-corrected chi connectivity index (χ1v) is 8.03. The van der Waals surface area contributed by atoms with Crippen LogP contribution in [0.2, 0.25) is 0 Å². The average molecular weight is 373 g/mol. The molecule has 0 radical (unpaired) electrons. The number of methoxy groups -OCH3 is 1. The molecule has 0 amide bonds. The van der Waals surface area contributed by atoms with Crippen molar-refractivity contribution in [3.8, 4) is 17.1 Å². The summed E-state index contributed by atoms with van der Waals surface area (Å²) in [5.74, 6) is 0.448. The molecule has 0 N–H and O–H groups in total. The molecule has 4 aromatic rings. The number of aromatic nitrogens is 5. The molecule has 0 atom stereocenters. The number of rotatable bonds is 2. The van der Waals surface area contributed by atoms with Crippen LogP contribution < -0.4 is 4.74 Å². The van der Waals surface area contributed by atoms with Gasteiger partial charge < -0.3 is 4.74 Å². The van der Waals surface area contributed by atoms with Crippen LogP contribution >= 0.6 is 0 Å². The Hall–Kier alpha value is -3.23. The third kappa shape index (κ3) is 2.66. The molecule has 0 saturated heterocycles. The first kappa shape index (κ1) is 17.2. The highest BCUT2D eigenvalue weighted by Gasteiger charge is 2.32. The smallest absolute Gasteiger partial charge is 0.416 e. The van der Waals surface area contributed by atoms with Crippen LogP contribution in [0.1, 0.15) is 16.8 Å². The van der Waals surface area contributed by atoms with E-state index in [1.165, 1.54) is 7.11 Å². The lowest BCUT2D eigenvalue weighted by Gasteiger charge is -2.13. The van der Waals surface area contributed by atoms with E-state index in [0.717, 1.165) is 17.7 Å². The maximum Gasteiger partial charge on any atom is 0.416 e. The molecule has 3 aromatic heterocycles. The van der Waals surface area contributed by atoms with E-state index in [1.54, 1.807) is 23.7 Å². The third-order valence-corrected chi connectivity index (χ3v) is 4.39. The Morgan fingerprint density at radius 3 is 2.56 bits per heavy atom. The Morgan fingerprint density at radius 2 is 1.89 bits per heavy atom. The molecule has 0 aliphatic rings. The summed E-state index contributed by atoms with van der Waals surface area (Å²) < 4.78 is 46.9. The van der Waals surface area contributed by atoms with Gasteiger partial charge in [0.2, 0.25) is 0 Å². The molecule has 0 unspecified atom stereocenters. The number of hydrogen-bond donors (Lipinski definition) is 0. The zero-order chi connectivity index (χ0) is 19.3. The predicted molar refractivity (Wildman–Crippen MR) is 92.5 cm³/mol. The maximum atomic E-state index is 13.4. The Bertz CT molecular complexity index is 1180. The van der Waals surface area contributed by atoms with E-state index < -0.39 is 11.7 Å². The average Bonchev–Trinajstić information content (AvgIpc) is 2.97. The van der Waals surface area contributed by atoms with Crippen molar-refractivity contribution < 1.29 is 17.9 Å². The summed E-state index contributed by atoms with van der Waals surface area (Å²) in [5, 5.41) is 8.23. The predicted octanol–water partition coefficient (Wildman–Crippen LogP) is 3.98. The molecule has 3 heterocycles. The van der Waals surface area contributed by atoms with Crippen LogP contribution in [-0.2, 0) is 6.18 Å². The molecule has 0 aliphatic carbocycles. The van der Waals surface area contributed by atoms with Crippen molar-refractivity contribution >= 4 is 16.7 Å². The van der Waals surface area contributed by atoms with Gasteiger partial charge in [-0.15, -0.1) is 10.2 Å². The molecular formula is C18H14F3N5O. The molecule has 138 valence electrons. The lowest BCUT2D eigenvalue weighted by Crippen LogP contribution is -2.08. The Balaban J connectivity index is 2.19. The highest BCUT2D eigenvalue weighted by Crippen LogP contribution is 2.37. The number of hydrogen-bond acceptors (Lipinski definition) is 5. The van der Waals surface area contributed by atoms with Gasteiger partial charge in [-0.2, -0.15) is 13.2 Å². The number of alkyl halides is 3. The SMILES string of the molecule is COc1cc(C(F)(F)F)cc2c1nnc1c(C)nc(-c3cnccc3C)n12. The van der Waals surface area contributed by atoms with Crippen LogP contribution in [0, 0.1) is 13.8 Å². The summed E-state index contributed by atoms with van der Waals surface area (Å²) in [4.78, 5) is 8.63. The minimum absolute atomic E-state index is 0.00515. The molecule has 0 saturated carbocycles. The highest BCUT2D eigenvalue weighted by atomic mass is 19.4. The van der Waals surface area contributed by atoms with E-state index in [4.69, 9.17) is 4.74 Å². The number of ether oxygens (including phenoxy) is 1. The van der Waals surface area contributed by atoms with Crippen LogP contribution in [0.3, 0.4) is 0 Å². The van der Waals surface area contributed by atoms with E-state index in [-0.39, 0.29) is 16.8 Å². The van der Waals surface area contributed by atoms with Crippen molar-refractivity contribution in [1.29, 1.82) is 0 Å². The van der Waals surface area contributed by atoms with Crippen LogP contribution in [0.4, 0.5) is 13.2 Å². The van der Waals surface area contributed by atoms with E-state index in [1.807, 2.05) is 13.0 Å². The second kappa shape index (κ2) is 5.90. The molecule has 9 heteroatoms. The summed E-state index contributed by atoms with van der Waals surface area (Å²) in [6.07, 6.45) is -1.26. The van der Waals surface area contributed by atoms with Crippen LogP contribution in [0.25, 0.3) is 28.1 Å². The highest BCUT2D eigenvalue weighted by molar-refractivity contribution is 5.86. The van der Waals surface area contributed by atoms with Gasteiger partial charge in [0.25, 0.3) is 0 Å². The standard InChI is InChI=1S/C18H14F3N5O/c1-9-4-5-22-8-12(9)17-23-10(2)16-25-24-15-13(26(16)17)6-11(18(19,20)21)7-14(15)27-3/h4-8H,1-3H3. The van der Waals surface area contributed by atoms with Crippen molar-refractivity contribution in [1.82, 2.24) is 24.6 Å².